The Bertz CT molecular complexity index is 1100. The van der Waals surface area contributed by atoms with Crippen molar-refractivity contribution in [1.29, 1.82) is 0 Å². The van der Waals surface area contributed by atoms with Crippen LogP contribution in [0, 0.1) is 0 Å². The van der Waals surface area contributed by atoms with Crippen molar-refractivity contribution in [3.05, 3.63) is 58.6 Å². The van der Waals surface area contributed by atoms with E-state index in [9.17, 15) is 4.79 Å². The summed E-state index contributed by atoms with van der Waals surface area (Å²) in [7, 11) is 3.76. The van der Waals surface area contributed by atoms with E-state index in [1.165, 1.54) is 5.56 Å². The predicted octanol–water partition coefficient (Wildman–Crippen LogP) is 6.70. The number of fused-ring (bicyclic) bond motifs is 1. The van der Waals surface area contributed by atoms with Crippen LogP contribution in [-0.2, 0) is 4.74 Å². The number of benzene rings is 2. The number of ether oxygens (including phenoxy) is 1. The molecule has 3 rings (SSSR count). The summed E-state index contributed by atoms with van der Waals surface area (Å²) < 4.78 is 5.80. The molecule has 1 aromatic heterocycles. The topological polar surface area (TPSA) is 42.4 Å². The van der Waals surface area contributed by atoms with Crippen molar-refractivity contribution >= 4 is 34.3 Å². The molecule has 0 aliphatic heterocycles. The van der Waals surface area contributed by atoms with Crippen molar-refractivity contribution in [2.75, 3.05) is 19.0 Å². The fraction of sp³-hybridized carbons (Fsp3) is 0.360. The first kappa shape index (κ1) is 22.1. The molecule has 3 aromatic rings. The van der Waals surface area contributed by atoms with Crippen LogP contribution in [-0.4, -0.2) is 30.6 Å². The fourth-order valence-electron chi connectivity index (χ4n) is 3.42. The molecule has 0 saturated heterocycles. The fourth-order valence-corrected chi connectivity index (χ4v) is 3.59. The van der Waals surface area contributed by atoms with Gasteiger partial charge >= 0.3 is 5.97 Å². The Kier molecular flexibility index (Phi) is 6.09. The third kappa shape index (κ3) is 4.59. The molecule has 0 aliphatic carbocycles. The highest BCUT2D eigenvalue weighted by molar-refractivity contribution is 6.31. The minimum absolute atomic E-state index is 0.361. The van der Waals surface area contributed by atoms with Gasteiger partial charge in [0.25, 0.3) is 0 Å². The Morgan fingerprint density at radius 3 is 2.40 bits per heavy atom. The lowest BCUT2D eigenvalue weighted by Gasteiger charge is -2.25. The molecule has 0 fully saturated rings. The van der Waals surface area contributed by atoms with E-state index in [0.717, 1.165) is 22.0 Å². The molecule has 0 saturated carbocycles. The van der Waals surface area contributed by atoms with E-state index < -0.39 is 11.6 Å². The third-order valence-corrected chi connectivity index (χ3v) is 5.03. The van der Waals surface area contributed by atoms with Crippen LogP contribution in [0.2, 0.25) is 5.02 Å². The number of pyridine rings is 1. The zero-order valence-electron chi connectivity index (χ0n) is 18.7. The molecule has 158 valence electrons. The predicted molar refractivity (Wildman–Crippen MR) is 126 cm³/mol. The number of rotatable bonds is 4. The molecule has 0 atom stereocenters. The largest absolute Gasteiger partial charge is 0.456 e. The van der Waals surface area contributed by atoms with Gasteiger partial charge in [0.15, 0.2) is 0 Å². The van der Waals surface area contributed by atoms with E-state index in [-0.39, 0.29) is 0 Å². The number of halogens is 1. The van der Waals surface area contributed by atoms with Gasteiger partial charge in [-0.05, 0) is 56.0 Å². The molecule has 2 aromatic carbocycles. The summed E-state index contributed by atoms with van der Waals surface area (Å²) in [6.45, 7) is 9.90. The van der Waals surface area contributed by atoms with Gasteiger partial charge in [0.1, 0.15) is 17.0 Å². The molecule has 4 nitrogen and oxygen atoms in total. The van der Waals surface area contributed by atoms with E-state index in [1.807, 2.05) is 70.1 Å². The van der Waals surface area contributed by atoms with Crippen LogP contribution in [0.3, 0.4) is 0 Å². The number of aromatic nitrogens is 1. The van der Waals surface area contributed by atoms with Gasteiger partial charge in [-0.3, -0.25) is 0 Å². The standard InChI is InChI=1S/C25H29ClN2O2/c1-15(2)16-9-8-10-17(13-16)21-19-14-18(26)11-12-20(19)27-23(28(6)7)22(21)24(29)30-25(3,4)5/h8-15H,1-7H3. The summed E-state index contributed by atoms with van der Waals surface area (Å²) in [5.41, 5.74) is 3.54. The summed E-state index contributed by atoms with van der Waals surface area (Å²) in [5.74, 6) is 0.537. The maximum absolute atomic E-state index is 13.4. The van der Waals surface area contributed by atoms with Crippen LogP contribution in [0.15, 0.2) is 42.5 Å². The average molecular weight is 425 g/mol. The minimum Gasteiger partial charge on any atom is -0.456 e. The maximum Gasteiger partial charge on any atom is 0.343 e. The SMILES string of the molecule is CC(C)c1cccc(-c2c(C(=O)OC(C)(C)C)c(N(C)C)nc3ccc(Cl)cc23)c1. The van der Waals surface area contributed by atoms with Crippen molar-refractivity contribution < 1.29 is 9.53 Å². The van der Waals surface area contributed by atoms with Gasteiger partial charge in [-0.2, -0.15) is 0 Å². The summed E-state index contributed by atoms with van der Waals surface area (Å²) in [5, 5.41) is 1.42. The zero-order valence-corrected chi connectivity index (χ0v) is 19.5. The van der Waals surface area contributed by atoms with Crippen molar-refractivity contribution in [2.45, 2.75) is 46.1 Å². The first-order valence-electron chi connectivity index (χ1n) is 10.1. The molecule has 0 N–H and O–H groups in total. The number of anilines is 1. The average Bonchev–Trinajstić information content (AvgIpc) is 2.65. The lowest BCUT2D eigenvalue weighted by molar-refractivity contribution is 0.00711. The van der Waals surface area contributed by atoms with Crippen molar-refractivity contribution in [3.8, 4) is 11.1 Å². The van der Waals surface area contributed by atoms with E-state index in [4.69, 9.17) is 21.3 Å². The first-order valence-corrected chi connectivity index (χ1v) is 10.5. The Hall–Kier alpha value is -2.59. The number of hydrogen-bond acceptors (Lipinski definition) is 4. The van der Waals surface area contributed by atoms with E-state index in [2.05, 4.69) is 26.0 Å². The quantitative estimate of drug-likeness (QED) is 0.437. The second-order valence-corrected chi connectivity index (χ2v) is 9.46. The Labute approximate surface area is 183 Å². The van der Waals surface area contributed by atoms with Gasteiger partial charge < -0.3 is 9.64 Å². The van der Waals surface area contributed by atoms with Crippen LogP contribution in [0.1, 0.15) is 56.5 Å². The first-order chi connectivity index (χ1) is 14.0. The van der Waals surface area contributed by atoms with Gasteiger partial charge in [0.2, 0.25) is 0 Å². The normalized spacial score (nSPS) is 11.8. The molecule has 1 heterocycles. The third-order valence-electron chi connectivity index (χ3n) is 4.80. The molecule has 0 unspecified atom stereocenters. The van der Waals surface area contributed by atoms with Gasteiger partial charge in [0.05, 0.1) is 5.52 Å². The highest BCUT2D eigenvalue weighted by Crippen LogP contribution is 2.39. The molecule has 30 heavy (non-hydrogen) atoms. The van der Waals surface area contributed by atoms with Gasteiger partial charge in [0, 0.05) is 30.1 Å². The summed E-state index contributed by atoms with van der Waals surface area (Å²) >= 11 is 6.35. The number of hydrogen-bond donors (Lipinski definition) is 0. The Morgan fingerprint density at radius 1 is 1.10 bits per heavy atom. The summed E-state index contributed by atoms with van der Waals surface area (Å²) in [4.78, 5) is 20.0. The zero-order chi connectivity index (χ0) is 22.2. The van der Waals surface area contributed by atoms with Crippen molar-refractivity contribution in [3.63, 3.8) is 0 Å². The second-order valence-electron chi connectivity index (χ2n) is 9.02. The highest BCUT2D eigenvalue weighted by atomic mass is 35.5. The van der Waals surface area contributed by atoms with Crippen LogP contribution in [0.25, 0.3) is 22.0 Å². The molecular formula is C25H29ClN2O2. The molecule has 0 radical (unpaired) electrons. The van der Waals surface area contributed by atoms with Crippen molar-refractivity contribution in [1.82, 2.24) is 4.98 Å². The Morgan fingerprint density at radius 2 is 1.80 bits per heavy atom. The monoisotopic (exact) mass is 424 g/mol. The van der Waals surface area contributed by atoms with Crippen LogP contribution < -0.4 is 4.90 Å². The molecule has 0 aliphatic rings. The number of carbonyl (C=O) groups is 1. The Balaban J connectivity index is 2.44. The van der Waals surface area contributed by atoms with Crippen LogP contribution >= 0.6 is 11.6 Å². The van der Waals surface area contributed by atoms with Gasteiger partial charge in [-0.25, -0.2) is 9.78 Å². The second kappa shape index (κ2) is 8.27. The molecule has 0 spiro atoms. The van der Waals surface area contributed by atoms with Crippen LogP contribution in [0.5, 0.6) is 0 Å². The van der Waals surface area contributed by atoms with E-state index >= 15 is 0 Å². The molecule has 5 heteroatoms. The molecule has 0 amide bonds. The highest BCUT2D eigenvalue weighted by Gasteiger charge is 2.28. The van der Waals surface area contributed by atoms with Crippen LogP contribution in [0.4, 0.5) is 5.82 Å². The number of nitrogens with zero attached hydrogens (tertiary/aromatic N) is 2. The smallest absolute Gasteiger partial charge is 0.343 e. The van der Waals surface area contributed by atoms with E-state index in [1.54, 1.807) is 0 Å². The lowest BCUT2D eigenvalue weighted by Crippen LogP contribution is -2.26. The summed E-state index contributed by atoms with van der Waals surface area (Å²) in [6.07, 6.45) is 0. The number of esters is 1. The van der Waals surface area contributed by atoms with Crippen molar-refractivity contribution in [2.24, 2.45) is 0 Å². The lowest BCUT2D eigenvalue weighted by atomic mass is 9.92. The summed E-state index contributed by atoms with van der Waals surface area (Å²) in [6, 6.07) is 13.9. The van der Waals surface area contributed by atoms with Gasteiger partial charge in [-0.15, -0.1) is 0 Å². The minimum atomic E-state index is -0.624. The maximum atomic E-state index is 13.4. The number of carbonyl (C=O) groups excluding carboxylic acids is 1. The molecule has 0 bridgehead atoms. The van der Waals surface area contributed by atoms with Gasteiger partial charge in [-0.1, -0.05) is 49.7 Å². The molecular weight excluding hydrogens is 396 g/mol. The van der Waals surface area contributed by atoms with E-state index in [0.29, 0.717) is 22.3 Å².